The van der Waals surface area contributed by atoms with Crippen molar-refractivity contribution in [1.82, 2.24) is 0 Å². The van der Waals surface area contributed by atoms with E-state index in [1.807, 2.05) is 0 Å². The van der Waals surface area contributed by atoms with Gasteiger partial charge in [-0.15, -0.1) is 0 Å². The number of hydrogen-bond acceptors (Lipinski definition) is 3. The second kappa shape index (κ2) is 4.65. The summed E-state index contributed by atoms with van der Waals surface area (Å²) in [5, 5.41) is 9.10. The van der Waals surface area contributed by atoms with Crippen molar-refractivity contribution < 1.29 is 19.4 Å². The Hall–Kier alpha value is -1.36. The van der Waals surface area contributed by atoms with Crippen LogP contribution in [-0.4, -0.2) is 17.0 Å². The lowest BCUT2D eigenvalue weighted by Crippen LogP contribution is -2.10. The highest BCUT2D eigenvalue weighted by Gasteiger charge is 2.20. The number of aryl methyl sites for hydroxylation is 1. The van der Waals surface area contributed by atoms with E-state index in [1.54, 1.807) is 19.9 Å². The molecule has 0 unspecified atom stereocenters. The van der Waals surface area contributed by atoms with E-state index in [4.69, 9.17) is 9.84 Å². The number of carboxylic acids is 1. The van der Waals surface area contributed by atoms with Gasteiger partial charge in [0.05, 0.1) is 0 Å². The largest absolute Gasteiger partial charge is 0.478 e. The van der Waals surface area contributed by atoms with Gasteiger partial charge in [-0.05, 0) is 31.0 Å². The predicted octanol–water partition coefficient (Wildman–Crippen LogP) is 2.69. The van der Waals surface area contributed by atoms with E-state index >= 15 is 0 Å². The van der Waals surface area contributed by atoms with Gasteiger partial charge in [0, 0.05) is 11.4 Å². The van der Waals surface area contributed by atoms with E-state index < -0.39 is 11.9 Å². The number of aromatic carboxylic acids is 1. The predicted molar refractivity (Wildman–Crippen MR) is 61.9 cm³/mol. The molecule has 0 heterocycles. The molecule has 0 saturated carbocycles. The third-order valence-electron chi connectivity index (χ3n) is 2.12. The van der Waals surface area contributed by atoms with Crippen LogP contribution in [0.2, 0.25) is 0 Å². The highest BCUT2D eigenvalue weighted by molar-refractivity contribution is 9.10. The van der Waals surface area contributed by atoms with Crippen LogP contribution in [0.4, 0.5) is 0 Å². The molecular weight excluding hydrogens is 276 g/mol. The smallest absolute Gasteiger partial charge is 0.339 e. The number of rotatable bonds is 2. The van der Waals surface area contributed by atoms with Crippen molar-refractivity contribution in [3.8, 4) is 5.75 Å². The first kappa shape index (κ1) is 12.7. The van der Waals surface area contributed by atoms with E-state index in [2.05, 4.69) is 15.9 Å². The quantitative estimate of drug-likeness (QED) is 0.671. The molecule has 5 heteroatoms. The highest BCUT2D eigenvalue weighted by Crippen LogP contribution is 2.32. The molecule has 86 valence electrons. The molecule has 0 atom stereocenters. The van der Waals surface area contributed by atoms with Gasteiger partial charge in [0.1, 0.15) is 11.3 Å². The molecule has 0 aliphatic rings. The Bertz CT molecular complexity index is 466. The highest BCUT2D eigenvalue weighted by atomic mass is 79.9. The second-order valence-electron chi connectivity index (χ2n) is 3.40. The molecule has 4 nitrogen and oxygen atoms in total. The monoisotopic (exact) mass is 286 g/mol. The first-order valence-corrected chi connectivity index (χ1v) is 5.35. The van der Waals surface area contributed by atoms with Crippen molar-refractivity contribution in [2.24, 2.45) is 0 Å². The molecule has 16 heavy (non-hydrogen) atoms. The zero-order valence-corrected chi connectivity index (χ0v) is 10.7. The fraction of sp³-hybridized carbons (Fsp3) is 0.273. The Morgan fingerprint density at radius 1 is 1.38 bits per heavy atom. The fourth-order valence-electron chi connectivity index (χ4n) is 1.38. The van der Waals surface area contributed by atoms with Crippen molar-refractivity contribution in [2.45, 2.75) is 20.8 Å². The number of carbonyl (C=O) groups excluding carboxylic acids is 1. The standard InChI is InChI=1S/C11H11BrO4/c1-5-4-8(12)6(2)9(11(14)15)10(5)16-7(3)13/h4H,1-3H3,(H,14,15). The van der Waals surface area contributed by atoms with Gasteiger partial charge in [-0.3, -0.25) is 4.79 Å². The molecule has 1 aromatic rings. The molecule has 1 rings (SSSR count). The van der Waals surface area contributed by atoms with Crippen LogP contribution in [-0.2, 0) is 4.79 Å². The summed E-state index contributed by atoms with van der Waals surface area (Å²) in [6.07, 6.45) is 0. The van der Waals surface area contributed by atoms with Gasteiger partial charge in [0.15, 0.2) is 0 Å². The van der Waals surface area contributed by atoms with Crippen LogP contribution >= 0.6 is 15.9 Å². The first-order chi connectivity index (χ1) is 7.34. The summed E-state index contributed by atoms with van der Waals surface area (Å²) in [6, 6.07) is 1.72. The third-order valence-corrected chi connectivity index (χ3v) is 2.95. The zero-order chi connectivity index (χ0) is 12.5. The maximum atomic E-state index is 11.1. The van der Waals surface area contributed by atoms with E-state index in [9.17, 15) is 9.59 Å². The van der Waals surface area contributed by atoms with Crippen LogP contribution < -0.4 is 4.74 Å². The minimum absolute atomic E-state index is 0.0158. The van der Waals surface area contributed by atoms with Crippen molar-refractivity contribution >= 4 is 27.9 Å². The average molecular weight is 287 g/mol. The molecule has 0 spiro atoms. The Kier molecular flexibility index (Phi) is 3.70. The van der Waals surface area contributed by atoms with Crippen molar-refractivity contribution in [2.75, 3.05) is 0 Å². The van der Waals surface area contributed by atoms with Crippen LogP contribution in [0.25, 0.3) is 0 Å². The maximum absolute atomic E-state index is 11.1. The summed E-state index contributed by atoms with van der Waals surface area (Å²) >= 11 is 3.26. The molecule has 0 aliphatic carbocycles. The minimum Gasteiger partial charge on any atom is -0.478 e. The fourth-order valence-corrected chi connectivity index (χ4v) is 1.93. The van der Waals surface area contributed by atoms with Gasteiger partial charge >= 0.3 is 11.9 Å². The molecule has 0 fully saturated rings. The molecule has 0 radical (unpaired) electrons. The third kappa shape index (κ3) is 2.41. The molecule has 0 bridgehead atoms. The Morgan fingerprint density at radius 3 is 2.38 bits per heavy atom. The Labute approximate surface area is 101 Å². The number of halogens is 1. The molecule has 1 N–H and O–H groups in total. The lowest BCUT2D eigenvalue weighted by Gasteiger charge is -2.13. The number of carbonyl (C=O) groups is 2. The van der Waals surface area contributed by atoms with E-state index in [0.29, 0.717) is 15.6 Å². The topological polar surface area (TPSA) is 63.6 Å². The maximum Gasteiger partial charge on any atom is 0.339 e. The molecule has 0 saturated heterocycles. The van der Waals surface area contributed by atoms with Crippen molar-refractivity contribution in [3.63, 3.8) is 0 Å². The van der Waals surface area contributed by atoms with Gasteiger partial charge in [0.25, 0.3) is 0 Å². The van der Waals surface area contributed by atoms with Crippen LogP contribution in [0.1, 0.15) is 28.4 Å². The van der Waals surface area contributed by atoms with Crippen LogP contribution in [0.3, 0.4) is 0 Å². The summed E-state index contributed by atoms with van der Waals surface area (Å²) in [5.74, 6) is -1.54. The van der Waals surface area contributed by atoms with Crippen LogP contribution in [0, 0.1) is 13.8 Å². The number of carboxylic acid groups (broad SMARTS) is 1. The molecule has 0 amide bonds. The van der Waals surface area contributed by atoms with Gasteiger partial charge in [-0.25, -0.2) is 4.79 Å². The van der Waals surface area contributed by atoms with E-state index in [0.717, 1.165) is 0 Å². The molecule has 1 aromatic carbocycles. The SMILES string of the molecule is CC(=O)Oc1c(C)cc(Br)c(C)c1C(=O)O. The van der Waals surface area contributed by atoms with Gasteiger partial charge < -0.3 is 9.84 Å². The molecular formula is C11H11BrO4. The summed E-state index contributed by atoms with van der Waals surface area (Å²) in [6.45, 7) is 4.58. The number of hydrogen-bond donors (Lipinski definition) is 1. The zero-order valence-electron chi connectivity index (χ0n) is 9.13. The number of ether oxygens (including phenoxy) is 1. The van der Waals surface area contributed by atoms with Gasteiger partial charge in [-0.1, -0.05) is 15.9 Å². The second-order valence-corrected chi connectivity index (χ2v) is 4.26. The number of esters is 1. The van der Waals surface area contributed by atoms with Crippen LogP contribution in [0.5, 0.6) is 5.75 Å². The average Bonchev–Trinajstić information content (AvgIpc) is 2.13. The summed E-state index contributed by atoms with van der Waals surface area (Å²) in [4.78, 5) is 22.0. The lowest BCUT2D eigenvalue weighted by molar-refractivity contribution is -0.131. The summed E-state index contributed by atoms with van der Waals surface area (Å²) in [5.41, 5.74) is 1.15. The summed E-state index contributed by atoms with van der Waals surface area (Å²) in [7, 11) is 0. The van der Waals surface area contributed by atoms with Gasteiger partial charge in [-0.2, -0.15) is 0 Å². The lowest BCUT2D eigenvalue weighted by atomic mass is 10.0. The summed E-state index contributed by atoms with van der Waals surface area (Å²) < 4.78 is 5.61. The number of benzene rings is 1. The normalized spacial score (nSPS) is 10.0. The minimum atomic E-state index is -1.11. The molecule has 0 aromatic heterocycles. The van der Waals surface area contributed by atoms with Crippen molar-refractivity contribution in [1.29, 1.82) is 0 Å². The Morgan fingerprint density at radius 2 is 1.94 bits per heavy atom. The van der Waals surface area contributed by atoms with E-state index in [-0.39, 0.29) is 11.3 Å². The first-order valence-electron chi connectivity index (χ1n) is 4.56. The van der Waals surface area contributed by atoms with Crippen molar-refractivity contribution in [3.05, 3.63) is 27.2 Å². The van der Waals surface area contributed by atoms with Crippen LogP contribution in [0.15, 0.2) is 10.5 Å². The Balaban J connectivity index is 3.50. The molecule has 0 aliphatic heterocycles. The van der Waals surface area contributed by atoms with E-state index in [1.165, 1.54) is 6.92 Å². The van der Waals surface area contributed by atoms with Gasteiger partial charge in [0.2, 0.25) is 0 Å².